The highest BCUT2D eigenvalue weighted by atomic mass is 16.5. The van der Waals surface area contributed by atoms with Crippen LogP contribution in [0.15, 0.2) is 6.07 Å². The van der Waals surface area contributed by atoms with Gasteiger partial charge in [0.1, 0.15) is 5.69 Å². The lowest BCUT2D eigenvalue weighted by Gasteiger charge is -2.06. The van der Waals surface area contributed by atoms with Gasteiger partial charge >= 0.3 is 5.97 Å². The number of aryl methyl sites for hydroxylation is 1. The summed E-state index contributed by atoms with van der Waals surface area (Å²) >= 11 is 0. The molecule has 78 valence electrons. The molecule has 1 aromatic rings. The highest BCUT2D eigenvalue weighted by molar-refractivity contribution is 5.85. The molecule has 1 aromatic heterocycles. The van der Waals surface area contributed by atoms with E-state index in [4.69, 9.17) is 9.84 Å². The first-order valence-corrected chi connectivity index (χ1v) is 4.45. The van der Waals surface area contributed by atoms with E-state index in [-0.39, 0.29) is 11.8 Å². The summed E-state index contributed by atoms with van der Waals surface area (Å²) in [6, 6.07) is 1.53. The van der Waals surface area contributed by atoms with Gasteiger partial charge in [0.25, 0.3) is 0 Å². The molecule has 1 atom stereocenters. The zero-order valence-corrected chi connectivity index (χ0v) is 8.52. The lowest BCUT2D eigenvalue weighted by atomic mass is 10.2. The molecule has 1 heterocycles. The Balaban J connectivity index is 2.90. The third-order valence-electron chi connectivity index (χ3n) is 1.95. The molecule has 0 saturated carbocycles. The fourth-order valence-electron chi connectivity index (χ4n) is 1.22. The molecule has 0 aromatic carbocycles. The summed E-state index contributed by atoms with van der Waals surface area (Å²) in [5.74, 6) is -0.977. The number of aromatic carboxylic acids is 1. The summed E-state index contributed by atoms with van der Waals surface area (Å²) in [4.78, 5) is 10.7. The smallest absolute Gasteiger partial charge is 0.354 e. The molecule has 0 aliphatic carbocycles. The molecule has 1 unspecified atom stereocenters. The van der Waals surface area contributed by atoms with E-state index in [0.29, 0.717) is 12.3 Å². The predicted molar refractivity (Wildman–Crippen MR) is 50.2 cm³/mol. The van der Waals surface area contributed by atoms with Crippen molar-refractivity contribution in [1.29, 1.82) is 0 Å². The second-order valence-corrected chi connectivity index (χ2v) is 2.98. The van der Waals surface area contributed by atoms with E-state index in [0.717, 1.165) is 0 Å². The van der Waals surface area contributed by atoms with Gasteiger partial charge in [-0.2, -0.15) is 5.10 Å². The molecule has 1 N–H and O–H groups in total. The van der Waals surface area contributed by atoms with Crippen molar-refractivity contribution >= 4 is 5.97 Å². The fourth-order valence-corrected chi connectivity index (χ4v) is 1.22. The van der Waals surface area contributed by atoms with Gasteiger partial charge in [0, 0.05) is 13.7 Å². The van der Waals surface area contributed by atoms with Crippen LogP contribution >= 0.6 is 0 Å². The van der Waals surface area contributed by atoms with Crippen molar-refractivity contribution in [3.63, 3.8) is 0 Å². The van der Waals surface area contributed by atoms with Gasteiger partial charge in [-0.3, -0.25) is 4.68 Å². The Morgan fingerprint density at radius 1 is 1.79 bits per heavy atom. The molecule has 0 aliphatic heterocycles. The maximum absolute atomic E-state index is 10.7. The molecule has 0 bridgehead atoms. The maximum atomic E-state index is 10.7. The van der Waals surface area contributed by atoms with E-state index in [1.165, 1.54) is 10.7 Å². The summed E-state index contributed by atoms with van der Waals surface area (Å²) in [6.07, 6.45) is -0.167. The average molecular weight is 198 g/mol. The Hall–Kier alpha value is -1.36. The first-order valence-electron chi connectivity index (χ1n) is 4.45. The number of hydrogen-bond acceptors (Lipinski definition) is 3. The van der Waals surface area contributed by atoms with Crippen molar-refractivity contribution < 1.29 is 14.6 Å². The van der Waals surface area contributed by atoms with Gasteiger partial charge in [0.2, 0.25) is 0 Å². The van der Waals surface area contributed by atoms with Crippen molar-refractivity contribution in [3.8, 4) is 0 Å². The lowest BCUT2D eigenvalue weighted by molar-refractivity contribution is 0.0685. The Labute approximate surface area is 82.3 Å². The summed E-state index contributed by atoms with van der Waals surface area (Å²) in [7, 11) is 1.60. The van der Waals surface area contributed by atoms with Crippen molar-refractivity contribution in [2.45, 2.75) is 20.0 Å². The minimum atomic E-state index is -0.977. The molecule has 1 rings (SSSR count). The quantitative estimate of drug-likeness (QED) is 0.789. The van der Waals surface area contributed by atoms with Crippen LogP contribution in [0.1, 0.15) is 36.1 Å². The molecule has 0 radical (unpaired) electrons. The number of carboxylic acid groups (broad SMARTS) is 1. The molecule has 0 spiro atoms. The number of hydrogen-bond donors (Lipinski definition) is 1. The second kappa shape index (κ2) is 4.23. The fraction of sp³-hybridized carbons (Fsp3) is 0.556. The molecule has 0 amide bonds. The summed E-state index contributed by atoms with van der Waals surface area (Å²) in [6.45, 7) is 4.31. The van der Waals surface area contributed by atoms with Crippen LogP contribution in [0.3, 0.4) is 0 Å². The van der Waals surface area contributed by atoms with Crippen LogP contribution < -0.4 is 0 Å². The van der Waals surface area contributed by atoms with E-state index in [1.807, 2.05) is 13.8 Å². The molecule has 5 heteroatoms. The molecular formula is C9H14N2O3. The van der Waals surface area contributed by atoms with Crippen LogP contribution in [0.25, 0.3) is 0 Å². The van der Waals surface area contributed by atoms with Gasteiger partial charge in [-0.25, -0.2) is 4.79 Å². The molecular weight excluding hydrogens is 184 g/mol. The first kappa shape index (κ1) is 10.7. The number of rotatable bonds is 4. The van der Waals surface area contributed by atoms with Crippen LogP contribution in [-0.2, 0) is 11.8 Å². The molecule has 5 nitrogen and oxygen atoms in total. The van der Waals surface area contributed by atoms with Crippen molar-refractivity contribution in [1.82, 2.24) is 9.78 Å². The van der Waals surface area contributed by atoms with Crippen molar-refractivity contribution in [3.05, 3.63) is 17.5 Å². The van der Waals surface area contributed by atoms with E-state index < -0.39 is 5.97 Å². The van der Waals surface area contributed by atoms with Gasteiger partial charge in [-0.05, 0) is 19.9 Å². The Bertz CT molecular complexity index is 333. The summed E-state index contributed by atoms with van der Waals surface area (Å²) in [5.41, 5.74) is 0.818. The summed E-state index contributed by atoms with van der Waals surface area (Å²) in [5, 5.41) is 12.9. The van der Waals surface area contributed by atoms with Crippen LogP contribution in [-0.4, -0.2) is 27.5 Å². The van der Waals surface area contributed by atoms with Gasteiger partial charge in [0.05, 0.1) is 11.8 Å². The van der Waals surface area contributed by atoms with Crippen LogP contribution in [0.2, 0.25) is 0 Å². The minimum Gasteiger partial charge on any atom is -0.477 e. The van der Waals surface area contributed by atoms with Crippen LogP contribution in [0.4, 0.5) is 0 Å². The lowest BCUT2D eigenvalue weighted by Crippen LogP contribution is -2.05. The second-order valence-electron chi connectivity index (χ2n) is 2.98. The molecule has 14 heavy (non-hydrogen) atoms. The van der Waals surface area contributed by atoms with Crippen LogP contribution in [0.5, 0.6) is 0 Å². The third kappa shape index (κ3) is 2.11. The van der Waals surface area contributed by atoms with Crippen molar-refractivity contribution in [2.24, 2.45) is 7.05 Å². The summed E-state index contributed by atoms with van der Waals surface area (Å²) < 4.78 is 6.65. The van der Waals surface area contributed by atoms with Gasteiger partial charge in [0.15, 0.2) is 0 Å². The van der Waals surface area contributed by atoms with E-state index >= 15 is 0 Å². The van der Waals surface area contributed by atoms with E-state index in [1.54, 1.807) is 7.05 Å². The maximum Gasteiger partial charge on any atom is 0.354 e. The Morgan fingerprint density at radius 2 is 2.43 bits per heavy atom. The number of nitrogens with zero attached hydrogens (tertiary/aromatic N) is 2. The predicted octanol–water partition coefficient (Wildman–Crippen LogP) is 1.22. The van der Waals surface area contributed by atoms with Gasteiger partial charge < -0.3 is 9.84 Å². The van der Waals surface area contributed by atoms with Gasteiger partial charge in [-0.1, -0.05) is 0 Å². The van der Waals surface area contributed by atoms with Gasteiger partial charge in [-0.15, -0.1) is 0 Å². The molecule has 0 saturated heterocycles. The monoisotopic (exact) mass is 198 g/mol. The number of ether oxygens (including phenoxy) is 1. The SMILES string of the molecule is CCOC(C)c1cc(C(=O)O)n(C)n1. The largest absolute Gasteiger partial charge is 0.477 e. The minimum absolute atomic E-state index is 0.167. The topological polar surface area (TPSA) is 64.3 Å². The Kier molecular flexibility index (Phi) is 3.24. The van der Waals surface area contributed by atoms with E-state index in [2.05, 4.69) is 5.10 Å². The molecule has 0 fully saturated rings. The molecule has 0 aliphatic rings. The number of carbonyl (C=O) groups is 1. The highest BCUT2D eigenvalue weighted by Crippen LogP contribution is 2.15. The normalized spacial score (nSPS) is 12.8. The number of aromatic nitrogens is 2. The zero-order chi connectivity index (χ0) is 10.7. The third-order valence-corrected chi connectivity index (χ3v) is 1.95. The Morgan fingerprint density at radius 3 is 2.86 bits per heavy atom. The standard InChI is InChI=1S/C9H14N2O3/c1-4-14-6(2)7-5-8(9(12)13)11(3)10-7/h5-6H,4H2,1-3H3,(H,12,13). The number of carboxylic acids is 1. The average Bonchev–Trinajstić information content (AvgIpc) is 2.48. The first-order chi connectivity index (χ1) is 6.56. The van der Waals surface area contributed by atoms with Crippen LogP contribution in [0, 0.1) is 0 Å². The van der Waals surface area contributed by atoms with Crippen molar-refractivity contribution in [2.75, 3.05) is 6.61 Å². The highest BCUT2D eigenvalue weighted by Gasteiger charge is 2.15. The zero-order valence-electron chi connectivity index (χ0n) is 8.52. The van der Waals surface area contributed by atoms with E-state index in [9.17, 15) is 4.79 Å².